The van der Waals surface area contributed by atoms with Gasteiger partial charge in [-0.25, -0.2) is 0 Å². The van der Waals surface area contributed by atoms with Crippen molar-refractivity contribution in [3.63, 3.8) is 0 Å². The average Bonchev–Trinajstić information content (AvgIpc) is 2.53. The minimum absolute atomic E-state index is 0.118. The van der Waals surface area contributed by atoms with Gasteiger partial charge in [0.1, 0.15) is 18.1 Å². The van der Waals surface area contributed by atoms with Crippen LogP contribution in [0.1, 0.15) is 5.56 Å². The SMILES string of the molecule is COc1ccc(COn2nccc(OC)c2=O)c(OC)c1. The van der Waals surface area contributed by atoms with Gasteiger partial charge in [0.25, 0.3) is 0 Å². The van der Waals surface area contributed by atoms with Gasteiger partial charge in [0, 0.05) is 17.7 Å². The molecule has 0 saturated carbocycles. The van der Waals surface area contributed by atoms with Crippen LogP contribution >= 0.6 is 0 Å². The van der Waals surface area contributed by atoms with Gasteiger partial charge in [-0.2, -0.15) is 0 Å². The van der Waals surface area contributed by atoms with E-state index in [0.29, 0.717) is 11.5 Å². The Bertz CT molecular complexity index is 669. The number of nitrogens with zero attached hydrogens (tertiary/aromatic N) is 2. The summed E-state index contributed by atoms with van der Waals surface area (Å²) >= 11 is 0. The van der Waals surface area contributed by atoms with E-state index in [0.717, 1.165) is 10.4 Å². The second kappa shape index (κ2) is 6.65. The van der Waals surface area contributed by atoms with Crippen LogP contribution in [-0.4, -0.2) is 31.3 Å². The van der Waals surface area contributed by atoms with Crippen molar-refractivity contribution in [3.8, 4) is 17.2 Å². The van der Waals surface area contributed by atoms with Gasteiger partial charge in [0.15, 0.2) is 5.75 Å². The highest BCUT2D eigenvalue weighted by Crippen LogP contribution is 2.24. The van der Waals surface area contributed by atoms with Crippen molar-refractivity contribution in [1.29, 1.82) is 0 Å². The molecule has 7 nitrogen and oxygen atoms in total. The Kier molecular flexibility index (Phi) is 4.65. The maximum atomic E-state index is 11.9. The van der Waals surface area contributed by atoms with Gasteiger partial charge in [-0.15, -0.1) is 5.10 Å². The summed E-state index contributed by atoms with van der Waals surface area (Å²) < 4.78 is 15.3. The molecule has 0 aliphatic carbocycles. The van der Waals surface area contributed by atoms with E-state index < -0.39 is 5.56 Å². The molecule has 21 heavy (non-hydrogen) atoms. The van der Waals surface area contributed by atoms with Gasteiger partial charge >= 0.3 is 5.56 Å². The van der Waals surface area contributed by atoms with Crippen LogP contribution in [0, 0.1) is 0 Å². The summed E-state index contributed by atoms with van der Waals surface area (Å²) in [5, 5.41) is 3.83. The molecule has 2 rings (SSSR count). The zero-order valence-electron chi connectivity index (χ0n) is 12.0. The topological polar surface area (TPSA) is 71.8 Å². The Morgan fingerprint density at radius 2 is 1.81 bits per heavy atom. The Morgan fingerprint density at radius 1 is 1.05 bits per heavy atom. The van der Waals surface area contributed by atoms with Crippen LogP contribution < -0.4 is 24.6 Å². The number of rotatable bonds is 6. The normalized spacial score (nSPS) is 10.0. The summed E-state index contributed by atoms with van der Waals surface area (Å²) in [4.78, 5) is 18.1. The first kappa shape index (κ1) is 14.7. The molecule has 0 spiro atoms. The second-order valence-electron chi connectivity index (χ2n) is 4.03. The van der Waals surface area contributed by atoms with E-state index in [4.69, 9.17) is 19.0 Å². The lowest BCUT2D eigenvalue weighted by molar-refractivity contribution is 0.0562. The van der Waals surface area contributed by atoms with Gasteiger partial charge in [-0.1, -0.05) is 4.85 Å². The van der Waals surface area contributed by atoms with E-state index in [1.165, 1.54) is 19.4 Å². The Hall–Kier alpha value is -2.70. The van der Waals surface area contributed by atoms with Gasteiger partial charge in [-0.05, 0) is 12.1 Å². The number of ether oxygens (including phenoxy) is 3. The lowest BCUT2D eigenvalue weighted by Gasteiger charge is -2.11. The third-order valence-corrected chi connectivity index (χ3v) is 2.84. The molecule has 112 valence electrons. The molecule has 7 heteroatoms. The third kappa shape index (κ3) is 3.25. The third-order valence-electron chi connectivity index (χ3n) is 2.84. The molecule has 0 atom stereocenters. The minimum Gasteiger partial charge on any atom is -0.497 e. The Morgan fingerprint density at radius 3 is 2.48 bits per heavy atom. The van der Waals surface area contributed by atoms with E-state index >= 15 is 0 Å². The number of hydrogen-bond acceptors (Lipinski definition) is 6. The smallest absolute Gasteiger partial charge is 0.344 e. The lowest BCUT2D eigenvalue weighted by atomic mass is 10.2. The monoisotopic (exact) mass is 292 g/mol. The molecule has 0 unspecified atom stereocenters. The lowest BCUT2D eigenvalue weighted by Crippen LogP contribution is -2.29. The largest absolute Gasteiger partial charge is 0.497 e. The molecule has 2 aromatic rings. The summed E-state index contributed by atoms with van der Waals surface area (Å²) in [5.41, 5.74) is 0.294. The molecule has 0 aliphatic heterocycles. The molecule has 1 aromatic carbocycles. The fourth-order valence-electron chi connectivity index (χ4n) is 1.73. The maximum Gasteiger partial charge on any atom is 0.344 e. The van der Waals surface area contributed by atoms with Crippen molar-refractivity contribution in [2.45, 2.75) is 6.61 Å². The standard InChI is InChI=1S/C14H16N2O5/c1-18-11-5-4-10(13(8-11)20-3)9-21-16-14(17)12(19-2)6-7-15-16/h4-8H,9H2,1-3H3. The average molecular weight is 292 g/mol. The highest BCUT2D eigenvalue weighted by atomic mass is 16.7. The molecule has 1 heterocycles. The molecule has 0 N–H and O–H groups in total. The molecule has 0 bridgehead atoms. The molecular formula is C14H16N2O5. The molecule has 0 fully saturated rings. The summed E-state index contributed by atoms with van der Waals surface area (Å²) in [6.07, 6.45) is 1.42. The Labute approximate surface area is 121 Å². The van der Waals surface area contributed by atoms with Crippen molar-refractivity contribution in [1.82, 2.24) is 9.94 Å². The summed E-state index contributed by atoms with van der Waals surface area (Å²) in [6.45, 7) is 0.118. The summed E-state index contributed by atoms with van der Waals surface area (Å²) in [6, 6.07) is 6.78. The Balaban J connectivity index is 2.18. The van der Waals surface area contributed by atoms with Gasteiger partial charge in [0.2, 0.25) is 0 Å². The molecule has 0 amide bonds. The molecule has 0 radical (unpaired) electrons. The van der Waals surface area contributed by atoms with Crippen LogP contribution in [0.25, 0.3) is 0 Å². The minimum atomic E-state index is -0.465. The van der Waals surface area contributed by atoms with E-state index in [1.807, 2.05) is 0 Å². The summed E-state index contributed by atoms with van der Waals surface area (Å²) in [5.74, 6) is 1.43. The van der Waals surface area contributed by atoms with Crippen LogP contribution in [0.5, 0.6) is 17.2 Å². The first-order valence-electron chi connectivity index (χ1n) is 6.16. The van der Waals surface area contributed by atoms with Gasteiger partial charge < -0.3 is 19.0 Å². The molecule has 0 aliphatic rings. The van der Waals surface area contributed by atoms with Crippen LogP contribution in [0.15, 0.2) is 35.3 Å². The zero-order chi connectivity index (χ0) is 15.2. The number of aromatic nitrogens is 2. The number of hydrogen-bond donors (Lipinski definition) is 0. The van der Waals surface area contributed by atoms with E-state index in [9.17, 15) is 4.79 Å². The van der Waals surface area contributed by atoms with Crippen LogP contribution in [-0.2, 0) is 6.61 Å². The van der Waals surface area contributed by atoms with Crippen LogP contribution in [0.2, 0.25) is 0 Å². The first-order valence-corrected chi connectivity index (χ1v) is 6.16. The van der Waals surface area contributed by atoms with E-state index in [-0.39, 0.29) is 12.4 Å². The van der Waals surface area contributed by atoms with Gasteiger partial charge in [-0.3, -0.25) is 4.79 Å². The highest BCUT2D eigenvalue weighted by molar-refractivity contribution is 5.40. The number of methoxy groups -OCH3 is 3. The second-order valence-corrected chi connectivity index (χ2v) is 4.03. The predicted octanol–water partition coefficient (Wildman–Crippen LogP) is 0.898. The van der Waals surface area contributed by atoms with Crippen molar-refractivity contribution >= 4 is 0 Å². The van der Waals surface area contributed by atoms with Crippen LogP contribution in [0.3, 0.4) is 0 Å². The fraction of sp³-hybridized carbons (Fsp3) is 0.286. The number of benzene rings is 1. The quantitative estimate of drug-likeness (QED) is 0.787. The van der Waals surface area contributed by atoms with Crippen molar-refractivity contribution in [3.05, 3.63) is 46.4 Å². The van der Waals surface area contributed by atoms with E-state index in [1.54, 1.807) is 32.4 Å². The zero-order valence-corrected chi connectivity index (χ0v) is 12.0. The van der Waals surface area contributed by atoms with Crippen molar-refractivity contribution in [2.24, 2.45) is 0 Å². The predicted molar refractivity (Wildman–Crippen MR) is 74.9 cm³/mol. The molecule has 0 saturated heterocycles. The molecule has 1 aromatic heterocycles. The maximum absolute atomic E-state index is 11.9. The highest BCUT2D eigenvalue weighted by Gasteiger charge is 2.09. The molecular weight excluding hydrogens is 276 g/mol. The van der Waals surface area contributed by atoms with Crippen molar-refractivity contribution < 1.29 is 19.0 Å². The van der Waals surface area contributed by atoms with E-state index in [2.05, 4.69) is 5.10 Å². The fourth-order valence-corrected chi connectivity index (χ4v) is 1.73. The first-order chi connectivity index (χ1) is 10.2. The van der Waals surface area contributed by atoms with Crippen LogP contribution in [0.4, 0.5) is 0 Å². The summed E-state index contributed by atoms with van der Waals surface area (Å²) in [7, 11) is 4.53. The van der Waals surface area contributed by atoms with Gasteiger partial charge in [0.05, 0.1) is 27.5 Å². The van der Waals surface area contributed by atoms with Crippen molar-refractivity contribution in [2.75, 3.05) is 21.3 Å².